The second-order valence-electron chi connectivity index (χ2n) is 7.60. The van der Waals surface area contributed by atoms with Crippen molar-refractivity contribution in [2.45, 2.75) is 43.1 Å². The van der Waals surface area contributed by atoms with E-state index in [9.17, 15) is 9.00 Å². The highest BCUT2D eigenvalue weighted by atomic mass is 32.2. The molecule has 1 aromatic carbocycles. The van der Waals surface area contributed by atoms with Gasteiger partial charge in [0.15, 0.2) is 0 Å². The Balaban J connectivity index is 1.92. The van der Waals surface area contributed by atoms with E-state index in [1.807, 2.05) is 12.1 Å². The van der Waals surface area contributed by atoms with Gasteiger partial charge in [0.05, 0.1) is 15.8 Å². The van der Waals surface area contributed by atoms with Crippen molar-refractivity contribution in [3.05, 3.63) is 47.0 Å². The van der Waals surface area contributed by atoms with Crippen LogP contribution in [0.3, 0.4) is 0 Å². The molecule has 6 nitrogen and oxygen atoms in total. The third-order valence-electron chi connectivity index (χ3n) is 5.43. The summed E-state index contributed by atoms with van der Waals surface area (Å²) in [4.78, 5) is 15.9. The maximum absolute atomic E-state index is 12.4. The highest BCUT2D eigenvalue weighted by Gasteiger charge is 2.20. The van der Waals surface area contributed by atoms with Crippen molar-refractivity contribution >= 4 is 20.6 Å². The lowest BCUT2D eigenvalue weighted by atomic mass is 9.97. The normalized spacial score (nSPS) is 17.5. The average Bonchev–Trinajstić information content (AvgIpc) is 3.15. The Bertz CT molecular complexity index is 1190. The smallest absolute Gasteiger partial charge is 0.274 e. The van der Waals surface area contributed by atoms with Crippen molar-refractivity contribution in [1.82, 2.24) is 9.55 Å². The van der Waals surface area contributed by atoms with Crippen LogP contribution in [0.2, 0.25) is 0 Å². The number of aromatic nitrogens is 2. The predicted octanol–water partition coefficient (Wildman–Crippen LogP) is 4.28. The Kier molecular flexibility index (Phi) is 4.79. The van der Waals surface area contributed by atoms with Crippen molar-refractivity contribution in [1.29, 1.82) is 4.78 Å². The molecule has 148 valence electrons. The standard InChI is InChI=1S/C21H25N3O3S/c1-24-13-18(16-10-11-23-20(16)21(24)25)17-12-15(28(2,22)26)8-9-19(17)27-14-6-4-3-5-7-14/h8-14,22-23H,3-7H2,1-2H3. The van der Waals surface area contributed by atoms with E-state index in [0.29, 0.717) is 16.2 Å². The van der Waals surface area contributed by atoms with E-state index in [1.54, 1.807) is 31.6 Å². The van der Waals surface area contributed by atoms with Crippen LogP contribution in [-0.2, 0) is 16.8 Å². The van der Waals surface area contributed by atoms with Crippen LogP contribution < -0.4 is 10.3 Å². The zero-order valence-electron chi connectivity index (χ0n) is 16.2. The van der Waals surface area contributed by atoms with E-state index in [0.717, 1.165) is 42.2 Å². The summed E-state index contributed by atoms with van der Waals surface area (Å²) in [6, 6.07) is 7.18. The van der Waals surface area contributed by atoms with Crippen LogP contribution in [0.25, 0.3) is 22.0 Å². The molecule has 0 bridgehead atoms. The molecule has 3 aromatic rings. The number of ether oxygens (including phenoxy) is 1. The van der Waals surface area contributed by atoms with Crippen molar-refractivity contribution < 1.29 is 8.95 Å². The zero-order valence-corrected chi connectivity index (χ0v) is 17.0. The number of aryl methyl sites for hydroxylation is 1. The summed E-state index contributed by atoms with van der Waals surface area (Å²) in [5, 5.41) is 0.793. The molecule has 1 atom stereocenters. The molecular weight excluding hydrogens is 374 g/mol. The summed E-state index contributed by atoms with van der Waals surface area (Å²) in [5.74, 6) is 0.709. The van der Waals surface area contributed by atoms with Gasteiger partial charge in [-0.15, -0.1) is 0 Å². The van der Waals surface area contributed by atoms with Gasteiger partial charge in [0, 0.05) is 47.1 Å². The maximum Gasteiger partial charge on any atom is 0.274 e. The molecule has 1 saturated carbocycles. The van der Waals surface area contributed by atoms with Crippen LogP contribution in [0.15, 0.2) is 46.3 Å². The summed E-state index contributed by atoms with van der Waals surface area (Å²) in [6.45, 7) is 0. The number of nitrogens with zero attached hydrogens (tertiary/aromatic N) is 1. The van der Waals surface area contributed by atoms with Gasteiger partial charge in [-0.25, -0.2) is 8.99 Å². The molecule has 1 unspecified atom stereocenters. The predicted molar refractivity (Wildman–Crippen MR) is 112 cm³/mol. The molecule has 1 aliphatic rings. The topological polar surface area (TPSA) is 87.9 Å². The first kappa shape index (κ1) is 18.8. The molecule has 0 radical (unpaired) electrons. The fraction of sp³-hybridized carbons (Fsp3) is 0.381. The first-order valence-electron chi connectivity index (χ1n) is 9.56. The van der Waals surface area contributed by atoms with E-state index in [2.05, 4.69) is 4.98 Å². The Morgan fingerprint density at radius 1 is 1.18 bits per heavy atom. The highest BCUT2D eigenvalue weighted by Crippen LogP contribution is 2.37. The van der Waals surface area contributed by atoms with Crippen LogP contribution >= 0.6 is 0 Å². The minimum atomic E-state index is -2.87. The van der Waals surface area contributed by atoms with Crippen molar-refractivity contribution in [2.24, 2.45) is 7.05 Å². The third kappa shape index (κ3) is 3.46. The average molecular weight is 400 g/mol. The SMILES string of the molecule is Cn1cc(-c2cc(S(C)(=N)=O)ccc2OC2CCCCC2)c2cc[nH]c2c1=O. The summed E-state index contributed by atoms with van der Waals surface area (Å²) in [6.07, 6.45) is 10.7. The van der Waals surface area contributed by atoms with Gasteiger partial charge >= 0.3 is 0 Å². The number of benzene rings is 1. The van der Waals surface area contributed by atoms with Crippen molar-refractivity contribution in [2.75, 3.05) is 6.26 Å². The largest absolute Gasteiger partial charge is 0.490 e. The van der Waals surface area contributed by atoms with Gasteiger partial charge in [-0.05, 0) is 49.9 Å². The monoisotopic (exact) mass is 399 g/mol. The van der Waals surface area contributed by atoms with Crippen LogP contribution in [0.5, 0.6) is 5.75 Å². The van der Waals surface area contributed by atoms with Crippen molar-refractivity contribution in [3.8, 4) is 16.9 Å². The number of pyridine rings is 1. The Hall–Kier alpha value is -2.54. The second kappa shape index (κ2) is 7.13. The zero-order chi connectivity index (χ0) is 19.9. The van der Waals surface area contributed by atoms with Crippen LogP contribution in [0.1, 0.15) is 32.1 Å². The Morgan fingerprint density at radius 3 is 2.64 bits per heavy atom. The number of rotatable bonds is 4. The minimum absolute atomic E-state index is 0.102. The number of hydrogen-bond acceptors (Lipinski definition) is 4. The van der Waals surface area contributed by atoms with Crippen LogP contribution in [0, 0.1) is 4.78 Å². The van der Waals surface area contributed by atoms with Crippen LogP contribution in [0.4, 0.5) is 0 Å². The lowest BCUT2D eigenvalue weighted by Crippen LogP contribution is -2.20. The summed E-state index contributed by atoms with van der Waals surface area (Å²) in [5.41, 5.74) is 2.02. The van der Waals surface area contributed by atoms with Gasteiger partial charge in [0.25, 0.3) is 5.56 Å². The van der Waals surface area contributed by atoms with Gasteiger partial charge in [-0.3, -0.25) is 4.79 Å². The molecule has 4 rings (SSSR count). The van der Waals surface area contributed by atoms with Crippen molar-refractivity contribution in [3.63, 3.8) is 0 Å². The first-order chi connectivity index (χ1) is 13.3. The molecule has 0 aliphatic heterocycles. The highest BCUT2D eigenvalue weighted by molar-refractivity contribution is 7.91. The van der Waals surface area contributed by atoms with Gasteiger partial charge in [0.2, 0.25) is 0 Å². The van der Waals surface area contributed by atoms with E-state index in [-0.39, 0.29) is 11.7 Å². The second-order valence-corrected chi connectivity index (χ2v) is 9.76. The number of nitrogens with one attached hydrogen (secondary N) is 2. The molecule has 2 aromatic heterocycles. The van der Waals surface area contributed by atoms with E-state index >= 15 is 0 Å². The van der Waals surface area contributed by atoms with E-state index in [4.69, 9.17) is 9.52 Å². The lowest BCUT2D eigenvalue weighted by molar-refractivity contribution is 0.155. The summed E-state index contributed by atoms with van der Waals surface area (Å²) < 4.78 is 28.3. The van der Waals surface area contributed by atoms with Gasteiger partial charge < -0.3 is 14.3 Å². The van der Waals surface area contributed by atoms with Gasteiger partial charge in [0.1, 0.15) is 11.3 Å². The molecule has 0 spiro atoms. The number of hydrogen-bond donors (Lipinski definition) is 2. The molecule has 1 aliphatic carbocycles. The fourth-order valence-electron chi connectivity index (χ4n) is 3.91. The molecule has 2 N–H and O–H groups in total. The first-order valence-corrected chi connectivity index (χ1v) is 11.5. The minimum Gasteiger partial charge on any atom is -0.490 e. The molecule has 7 heteroatoms. The Labute approximate surface area is 164 Å². The molecule has 0 amide bonds. The molecule has 2 heterocycles. The number of fused-ring (bicyclic) bond motifs is 1. The van der Waals surface area contributed by atoms with Gasteiger partial charge in [-0.2, -0.15) is 0 Å². The summed E-state index contributed by atoms with van der Waals surface area (Å²) in [7, 11) is -1.16. The Morgan fingerprint density at radius 2 is 1.93 bits per heavy atom. The van der Waals surface area contributed by atoms with E-state index in [1.165, 1.54) is 17.2 Å². The van der Waals surface area contributed by atoms with E-state index < -0.39 is 9.73 Å². The lowest BCUT2D eigenvalue weighted by Gasteiger charge is -2.25. The fourth-order valence-corrected chi connectivity index (χ4v) is 4.58. The number of H-pyrrole nitrogens is 1. The third-order valence-corrected chi connectivity index (χ3v) is 6.58. The van der Waals surface area contributed by atoms with Crippen LogP contribution in [-0.4, -0.2) is 26.1 Å². The molecule has 1 fully saturated rings. The maximum atomic E-state index is 12.4. The van der Waals surface area contributed by atoms with Gasteiger partial charge in [-0.1, -0.05) is 6.42 Å². The molecule has 28 heavy (non-hydrogen) atoms. The number of aromatic amines is 1. The molecule has 0 saturated heterocycles. The molecular formula is C21H25N3O3S. The quantitative estimate of drug-likeness (QED) is 0.686. The summed E-state index contributed by atoms with van der Waals surface area (Å²) >= 11 is 0.